The Morgan fingerprint density at radius 1 is 0.373 bits per heavy atom. The van der Waals surface area contributed by atoms with Gasteiger partial charge in [0.15, 0.2) is 0 Å². The van der Waals surface area contributed by atoms with Crippen molar-refractivity contribution in [2.75, 3.05) is 0 Å². The molecule has 8 aromatic carbocycles. The van der Waals surface area contributed by atoms with E-state index in [1.807, 2.05) is 0 Å². The predicted molar refractivity (Wildman–Crippen MR) is 213 cm³/mol. The molecule has 0 spiro atoms. The molecule has 0 saturated heterocycles. The Morgan fingerprint density at radius 2 is 1.06 bits per heavy atom. The van der Waals surface area contributed by atoms with Crippen molar-refractivity contribution in [3.8, 4) is 50.2 Å². The highest BCUT2D eigenvalue weighted by Gasteiger charge is 2.33. The molecule has 0 bridgehead atoms. The van der Waals surface area contributed by atoms with Crippen LogP contribution < -0.4 is 0 Å². The van der Waals surface area contributed by atoms with Crippen LogP contribution in [-0.2, 0) is 6.42 Å². The molecule has 1 aromatic heterocycles. The molecule has 0 radical (unpaired) electrons. The van der Waals surface area contributed by atoms with Gasteiger partial charge in [-0.05, 0) is 127 Å². The van der Waals surface area contributed by atoms with Crippen LogP contribution in [-0.4, -0.2) is 4.57 Å². The van der Waals surface area contributed by atoms with Crippen molar-refractivity contribution in [2.45, 2.75) is 12.3 Å². The van der Waals surface area contributed by atoms with Gasteiger partial charge in [0.1, 0.15) is 0 Å². The van der Waals surface area contributed by atoms with Gasteiger partial charge in [0.25, 0.3) is 0 Å². The second-order valence-electron chi connectivity index (χ2n) is 14.1. The van der Waals surface area contributed by atoms with Gasteiger partial charge in [-0.2, -0.15) is 0 Å². The number of nitrogens with zero attached hydrogens (tertiary/aromatic N) is 1. The monoisotopic (exact) mass is 647 g/mol. The van der Waals surface area contributed by atoms with Gasteiger partial charge in [0.05, 0.1) is 11.0 Å². The van der Waals surface area contributed by atoms with Crippen molar-refractivity contribution in [3.05, 3.63) is 210 Å². The smallest absolute Gasteiger partial charge is 0.0541 e. The standard InChI is InChI=1S/C50H33N/c1-3-12-32(13-4-1)34-17-11-18-39(27-34)51-48-21-10-9-20-41(48)46-29-36(23-25-49(46)51)35-22-24-42-44(28-35)45-30-38-26-37-16-7-8-19-40(37)43(38)31-47(45)50(42)33-14-5-2-6-15-33/h1-25,27-31,50H,26H2. The van der Waals surface area contributed by atoms with E-state index in [1.54, 1.807) is 0 Å². The van der Waals surface area contributed by atoms with Gasteiger partial charge in [-0.15, -0.1) is 0 Å². The molecule has 2 aliphatic rings. The Hall–Kier alpha value is -6.44. The molecule has 1 nitrogen and oxygen atoms in total. The van der Waals surface area contributed by atoms with Crippen molar-refractivity contribution < 1.29 is 0 Å². The van der Waals surface area contributed by atoms with Crippen LogP contribution in [0.1, 0.15) is 33.7 Å². The molecule has 0 N–H and O–H groups in total. The first-order valence-corrected chi connectivity index (χ1v) is 17.9. The minimum absolute atomic E-state index is 0.218. The third kappa shape index (κ3) is 4.35. The van der Waals surface area contributed by atoms with Crippen molar-refractivity contribution >= 4 is 21.8 Å². The Morgan fingerprint density at radius 3 is 1.96 bits per heavy atom. The molecule has 51 heavy (non-hydrogen) atoms. The molecule has 11 rings (SSSR count). The van der Waals surface area contributed by atoms with Gasteiger partial charge >= 0.3 is 0 Å². The maximum absolute atomic E-state index is 2.50. The van der Waals surface area contributed by atoms with Gasteiger partial charge in [-0.3, -0.25) is 0 Å². The van der Waals surface area contributed by atoms with Crippen molar-refractivity contribution in [3.63, 3.8) is 0 Å². The highest BCUT2D eigenvalue weighted by molar-refractivity contribution is 6.10. The molecule has 238 valence electrons. The van der Waals surface area contributed by atoms with Gasteiger partial charge in [0, 0.05) is 22.4 Å². The minimum atomic E-state index is 0.218. The second-order valence-corrected chi connectivity index (χ2v) is 14.1. The van der Waals surface area contributed by atoms with E-state index in [2.05, 4.69) is 187 Å². The number of hydrogen-bond donors (Lipinski definition) is 0. The third-order valence-corrected chi connectivity index (χ3v) is 11.3. The molecular weight excluding hydrogens is 615 g/mol. The summed E-state index contributed by atoms with van der Waals surface area (Å²) in [5.41, 5.74) is 21.1. The average Bonchev–Trinajstić information content (AvgIpc) is 3.84. The number of benzene rings is 8. The van der Waals surface area contributed by atoms with Crippen LogP contribution in [0.25, 0.3) is 72.0 Å². The van der Waals surface area contributed by atoms with E-state index in [0.29, 0.717) is 0 Å². The van der Waals surface area contributed by atoms with Gasteiger partial charge in [-0.25, -0.2) is 0 Å². The molecule has 0 aliphatic heterocycles. The van der Waals surface area contributed by atoms with E-state index in [1.165, 1.54) is 99.8 Å². The lowest BCUT2D eigenvalue weighted by molar-refractivity contribution is 1.01. The number of hydrogen-bond acceptors (Lipinski definition) is 0. The van der Waals surface area contributed by atoms with Crippen LogP contribution >= 0.6 is 0 Å². The summed E-state index contributed by atoms with van der Waals surface area (Å²) >= 11 is 0. The summed E-state index contributed by atoms with van der Waals surface area (Å²) < 4.78 is 2.42. The fourth-order valence-corrected chi connectivity index (χ4v) is 8.95. The van der Waals surface area contributed by atoms with Crippen molar-refractivity contribution in [1.29, 1.82) is 0 Å². The first-order valence-electron chi connectivity index (χ1n) is 17.9. The van der Waals surface area contributed by atoms with Gasteiger partial charge in [0.2, 0.25) is 0 Å². The molecule has 0 saturated carbocycles. The fourth-order valence-electron chi connectivity index (χ4n) is 8.95. The largest absolute Gasteiger partial charge is 0.309 e. The molecule has 0 fully saturated rings. The van der Waals surface area contributed by atoms with Gasteiger partial charge < -0.3 is 4.57 Å². The zero-order chi connectivity index (χ0) is 33.5. The zero-order valence-corrected chi connectivity index (χ0v) is 28.1. The van der Waals surface area contributed by atoms with Crippen molar-refractivity contribution in [1.82, 2.24) is 4.57 Å². The van der Waals surface area contributed by atoms with Crippen LogP contribution in [0.15, 0.2) is 182 Å². The van der Waals surface area contributed by atoms with Crippen LogP contribution in [0.2, 0.25) is 0 Å². The Kier molecular flexibility index (Phi) is 6.15. The first-order chi connectivity index (χ1) is 25.3. The summed E-state index contributed by atoms with van der Waals surface area (Å²) in [5, 5.41) is 2.54. The number of aromatic nitrogens is 1. The Balaban J connectivity index is 1.06. The molecule has 1 atom stereocenters. The van der Waals surface area contributed by atoms with E-state index < -0.39 is 0 Å². The van der Waals surface area contributed by atoms with E-state index in [4.69, 9.17) is 0 Å². The highest BCUT2D eigenvalue weighted by Crippen LogP contribution is 2.52. The summed E-state index contributed by atoms with van der Waals surface area (Å²) in [6, 6.07) is 67.6. The summed E-state index contributed by atoms with van der Waals surface area (Å²) in [6.07, 6.45) is 0.999. The fraction of sp³-hybridized carbons (Fsp3) is 0.0400. The van der Waals surface area contributed by atoms with E-state index in [-0.39, 0.29) is 5.92 Å². The first kappa shape index (κ1) is 28.4. The van der Waals surface area contributed by atoms with Crippen LogP contribution in [0.5, 0.6) is 0 Å². The summed E-state index contributed by atoms with van der Waals surface area (Å²) in [6.45, 7) is 0. The zero-order valence-electron chi connectivity index (χ0n) is 28.1. The second kappa shape index (κ2) is 11.0. The van der Waals surface area contributed by atoms with E-state index in [0.717, 1.165) is 6.42 Å². The summed E-state index contributed by atoms with van der Waals surface area (Å²) in [7, 11) is 0. The lowest BCUT2D eigenvalue weighted by Crippen LogP contribution is -1.99. The molecule has 1 heterocycles. The van der Waals surface area contributed by atoms with E-state index in [9.17, 15) is 0 Å². The van der Waals surface area contributed by atoms with Crippen LogP contribution in [0.4, 0.5) is 0 Å². The molecule has 9 aromatic rings. The quantitative estimate of drug-likeness (QED) is 0.179. The average molecular weight is 648 g/mol. The topological polar surface area (TPSA) is 4.93 Å². The summed E-state index contributed by atoms with van der Waals surface area (Å²) in [4.78, 5) is 0. The normalized spacial score (nSPS) is 14.0. The van der Waals surface area contributed by atoms with Crippen LogP contribution in [0.3, 0.4) is 0 Å². The maximum Gasteiger partial charge on any atom is 0.0541 e. The van der Waals surface area contributed by atoms with Crippen molar-refractivity contribution in [2.24, 2.45) is 0 Å². The number of rotatable bonds is 4. The SMILES string of the molecule is c1ccc(-c2cccc(-n3c4ccccc4c4cc(-c5ccc6c(c5)-c5cc7c(cc5C6c5ccccc5)-c5ccccc5C7)ccc43)c2)cc1. The molecule has 1 unspecified atom stereocenters. The lowest BCUT2D eigenvalue weighted by atomic mass is 9.87. The molecular formula is C50H33N. The number of para-hydroxylation sites is 1. The summed E-state index contributed by atoms with van der Waals surface area (Å²) in [5.74, 6) is 0.218. The third-order valence-electron chi connectivity index (χ3n) is 11.3. The van der Waals surface area contributed by atoms with Crippen LogP contribution in [0, 0.1) is 0 Å². The Labute approximate surface area is 297 Å². The minimum Gasteiger partial charge on any atom is -0.309 e. The van der Waals surface area contributed by atoms with E-state index >= 15 is 0 Å². The molecule has 1 heteroatoms. The lowest BCUT2D eigenvalue weighted by Gasteiger charge is -2.16. The molecule has 2 aliphatic carbocycles. The van der Waals surface area contributed by atoms with Gasteiger partial charge in [-0.1, -0.05) is 133 Å². The Bertz CT molecular complexity index is 2820. The molecule has 0 amide bonds. The highest BCUT2D eigenvalue weighted by atomic mass is 15.0. The predicted octanol–water partition coefficient (Wildman–Crippen LogP) is 12.8. The maximum atomic E-state index is 2.50. The number of fused-ring (bicyclic) bond motifs is 9.